The van der Waals surface area contributed by atoms with Gasteiger partial charge >= 0.3 is 0 Å². The first-order chi connectivity index (χ1) is 5.35. The van der Waals surface area contributed by atoms with Crippen molar-refractivity contribution in [3.8, 4) is 0 Å². The zero-order chi connectivity index (χ0) is 8.53. The topological polar surface area (TPSA) is 62.6 Å². The molecule has 0 aliphatic carbocycles. The zero-order valence-electron chi connectivity index (χ0n) is 5.96. The third-order valence-corrected chi connectivity index (χ3v) is 0.949. The summed E-state index contributed by atoms with van der Waals surface area (Å²) in [6, 6.07) is 5.89. The molecular formula is C7H8N4. The first kappa shape index (κ1) is 9.20. The summed E-state index contributed by atoms with van der Waals surface area (Å²) >= 11 is 0. The van der Waals surface area contributed by atoms with Gasteiger partial charge in [0.1, 0.15) is 0 Å². The molecule has 4 nitrogen and oxygen atoms in total. The Hall–Kier alpha value is -1.80. The molecule has 11 heavy (non-hydrogen) atoms. The molecule has 0 atom stereocenters. The summed E-state index contributed by atoms with van der Waals surface area (Å²) in [5.41, 5.74) is 13.5. The van der Waals surface area contributed by atoms with Crippen LogP contribution in [0.25, 0.3) is 22.2 Å². The fraction of sp³-hybridized carbons (Fsp3) is 0. The number of rotatable bonds is 1. The first-order valence-electron chi connectivity index (χ1n) is 2.92. The third-order valence-electron chi connectivity index (χ3n) is 0.949. The fourth-order valence-electron chi connectivity index (χ4n) is 0.534. The molecule has 0 aliphatic rings. The van der Waals surface area contributed by atoms with Crippen LogP contribution >= 0.6 is 0 Å². The van der Waals surface area contributed by atoms with Crippen LogP contribution in [0.5, 0.6) is 0 Å². The summed E-state index contributed by atoms with van der Waals surface area (Å²) in [7, 11) is 0. The Labute approximate surface area is 64.8 Å². The average Bonchev–Trinajstić information content (AvgIpc) is 2.08. The highest BCUT2D eigenvalue weighted by molar-refractivity contribution is 4.97. The molecule has 0 aliphatic heterocycles. The summed E-state index contributed by atoms with van der Waals surface area (Å²) in [5, 5.41) is 0. The highest BCUT2D eigenvalue weighted by Crippen LogP contribution is 1.74. The monoisotopic (exact) mass is 148 g/mol. The number of pyridine rings is 1. The maximum atomic E-state index is 6.75. The van der Waals surface area contributed by atoms with E-state index in [9.17, 15) is 0 Å². The number of hydrogen-bond acceptors (Lipinski definition) is 0. The number of aromatic nitrogens is 1. The predicted molar refractivity (Wildman–Crippen MR) is 43.1 cm³/mol. The van der Waals surface area contributed by atoms with E-state index < -0.39 is 0 Å². The van der Waals surface area contributed by atoms with Gasteiger partial charge in [0, 0.05) is 12.1 Å². The second-order valence-electron chi connectivity index (χ2n) is 1.59. The van der Waals surface area contributed by atoms with Crippen molar-refractivity contribution < 1.29 is 4.57 Å². The van der Waals surface area contributed by atoms with E-state index in [1.807, 2.05) is 35.2 Å². The van der Waals surface area contributed by atoms with Crippen molar-refractivity contribution in [1.29, 1.82) is 0 Å². The lowest BCUT2D eigenvalue weighted by Crippen LogP contribution is -2.22. The van der Waals surface area contributed by atoms with Crippen molar-refractivity contribution in [2.45, 2.75) is 0 Å². The minimum atomic E-state index is 1.50. The maximum absolute atomic E-state index is 6.75. The molecule has 4 heteroatoms. The molecule has 0 radical (unpaired) electrons. The van der Waals surface area contributed by atoms with Crippen LogP contribution in [0.1, 0.15) is 0 Å². The van der Waals surface area contributed by atoms with E-state index in [4.69, 9.17) is 11.1 Å². The lowest BCUT2D eigenvalue weighted by atomic mass is 10.5. The van der Waals surface area contributed by atoms with Gasteiger partial charge in [0.15, 0.2) is 18.6 Å². The second-order valence-corrected chi connectivity index (χ2v) is 1.59. The van der Waals surface area contributed by atoms with Crippen LogP contribution in [-0.4, -0.2) is 0 Å². The molecule has 1 rings (SSSR count). The summed E-state index contributed by atoms with van der Waals surface area (Å²) in [4.78, 5) is 1.50. The minimum absolute atomic E-state index is 1.50. The van der Waals surface area contributed by atoms with Crippen molar-refractivity contribution in [1.82, 2.24) is 0 Å². The lowest BCUT2D eigenvalue weighted by Gasteiger charge is -1.79. The number of hydrogen-bond donors (Lipinski definition) is 0. The highest BCUT2D eigenvalue weighted by atomic mass is 15.0. The molecule has 0 unspecified atom stereocenters. The van der Waals surface area contributed by atoms with Gasteiger partial charge < -0.3 is 11.1 Å². The van der Waals surface area contributed by atoms with Gasteiger partial charge in [0.2, 0.25) is 0 Å². The van der Waals surface area contributed by atoms with Gasteiger partial charge in [-0.05, 0) is 6.58 Å². The van der Waals surface area contributed by atoms with Crippen molar-refractivity contribution >= 4 is 6.20 Å². The van der Waals surface area contributed by atoms with Crippen LogP contribution in [0.3, 0.4) is 0 Å². The van der Waals surface area contributed by atoms with E-state index in [-0.39, 0.29) is 0 Å². The Morgan fingerprint density at radius 1 is 1.18 bits per heavy atom. The average molecular weight is 148 g/mol. The Morgan fingerprint density at radius 3 is 1.91 bits per heavy atom. The molecule has 0 fully saturated rings. The largest absolute Gasteiger partial charge is 0.373 e. The molecular weight excluding hydrogens is 140 g/mol. The van der Waals surface area contributed by atoms with E-state index in [2.05, 4.69) is 6.58 Å². The van der Waals surface area contributed by atoms with Gasteiger partial charge in [-0.3, -0.25) is 4.91 Å². The van der Waals surface area contributed by atoms with Crippen LogP contribution in [0.2, 0.25) is 0 Å². The van der Waals surface area contributed by atoms with Crippen molar-refractivity contribution in [3.63, 3.8) is 0 Å². The zero-order valence-corrected chi connectivity index (χ0v) is 5.96. The molecule has 0 spiro atoms. The van der Waals surface area contributed by atoms with Gasteiger partial charge in [0.25, 0.3) is 0 Å². The highest BCUT2D eigenvalue weighted by Gasteiger charge is 1.83. The Kier molecular flexibility index (Phi) is 5.29. The van der Waals surface area contributed by atoms with Gasteiger partial charge in [0.05, 0.1) is 0 Å². The summed E-state index contributed by atoms with van der Waals surface area (Å²) in [6.07, 6.45) is 5.62. The Morgan fingerprint density at radius 2 is 1.64 bits per heavy atom. The molecule has 0 saturated heterocycles. The maximum Gasteiger partial charge on any atom is 0.174 e. The quantitative estimate of drug-likeness (QED) is 0.253. The van der Waals surface area contributed by atoms with Gasteiger partial charge in [-0.1, -0.05) is 6.07 Å². The summed E-state index contributed by atoms with van der Waals surface area (Å²) in [5.74, 6) is 0. The summed E-state index contributed by atoms with van der Waals surface area (Å²) < 4.78 is 1.89. The van der Waals surface area contributed by atoms with Crippen LogP contribution < -0.4 is 4.57 Å². The number of nitrogens with zero attached hydrogens (tertiary/aromatic N) is 4. The molecule has 1 aromatic rings. The molecule has 1 heterocycles. The molecule has 0 saturated carbocycles. The second kappa shape index (κ2) is 6.32. The summed E-state index contributed by atoms with van der Waals surface area (Å²) in [6.45, 7) is 3.59. The van der Waals surface area contributed by atoms with Crippen molar-refractivity contribution in [2.24, 2.45) is 0 Å². The lowest BCUT2D eigenvalue weighted by molar-refractivity contribution is -0.567. The van der Waals surface area contributed by atoms with Crippen molar-refractivity contribution in [2.75, 3.05) is 0 Å². The SMILES string of the molecule is C=C[n+]1ccccc1.[N-]=[N+]=[N-]. The van der Waals surface area contributed by atoms with Crippen LogP contribution in [0, 0.1) is 0 Å². The van der Waals surface area contributed by atoms with E-state index in [1.165, 1.54) is 4.91 Å². The Bertz CT molecular complexity index is 236. The smallest absolute Gasteiger partial charge is 0.174 e. The van der Waals surface area contributed by atoms with E-state index in [0.717, 1.165) is 0 Å². The van der Waals surface area contributed by atoms with Crippen molar-refractivity contribution in [3.05, 3.63) is 53.1 Å². The van der Waals surface area contributed by atoms with Crippen LogP contribution in [0.4, 0.5) is 0 Å². The normalized spacial score (nSPS) is 6.91. The third kappa shape index (κ3) is 4.69. The minimum Gasteiger partial charge on any atom is -0.373 e. The van der Waals surface area contributed by atoms with E-state index in [0.29, 0.717) is 0 Å². The standard InChI is InChI=1S/C7H8N.N3/c1-2-8-6-4-3-5-7-8;1-3-2/h2-7H,1H2;/q+1;-1. The van der Waals surface area contributed by atoms with E-state index in [1.54, 1.807) is 6.20 Å². The first-order valence-corrected chi connectivity index (χ1v) is 2.92. The predicted octanol–water partition coefficient (Wildman–Crippen LogP) is 1.94. The molecule has 1 aromatic heterocycles. The van der Waals surface area contributed by atoms with Gasteiger partial charge in [-0.25, -0.2) is 0 Å². The molecule has 0 aromatic carbocycles. The molecule has 0 N–H and O–H groups in total. The fourth-order valence-corrected chi connectivity index (χ4v) is 0.534. The van der Waals surface area contributed by atoms with Gasteiger partial charge in [-0.15, -0.1) is 0 Å². The molecule has 0 amide bonds. The van der Waals surface area contributed by atoms with E-state index >= 15 is 0 Å². The Balaban J connectivity index is 0.000000292. The molecule has 56 valence electrons. The van der Waals surface area contributed by atoms with Crippen LogP contribution in [0.15, 0.2) is 37.2 Å². The van der Waals surface area contributed by atoms with Gasteiger partial charge in [-0.2, -0.15) is 4.57 Å². The molecule has 0 bridgehead atoms. The van der Waals surface area contributed by atoms with Crippen LogP contribution in [-0.2, 0) is 0 Å².